The molecule has 0 bridgehead atoms. The first-order chi connectivity index (χ1) is 11.2. The number of aromatic nitrogens is 1. The number of hydrogen-bond donors (Lipinski definition) is 0. The van der Waals surface area contributed by atoms with Crippen LogP contribution in [0.5, 0.6) is 5.75 Å². The van der Waals surface area contributed by atoms with Crippen LogP contribution in [0.15, 0.2) is 30.5 Å². The Balaban J connectivity index is 1.63. The summed E-state index contributed by atoms with van der Waals surface area (Å²) in [5.41, 5.74) is 2.04. The van der Waals surface area contributed by atoms with Crippen molar-refractivity contribution in [1.82, 2.24) is 9.88 Å². The molecule has 1 aromatic carbocycles. The normalized spacial score (nSPS) is 15.8. The Labute approximate surface area is 136 Å². The summed E-state index contributed by atoms with van der Waals surface area (Å²) in [4.78, 5) is 18.5. The van der Waals surface area contributed by atoms with E-state index >= 15 is 0 Å². The molecular formula is C18H22N2O3. The number of methoxy groups -OCH3 is 1. The van der Waals surface area contributed by atoms with Gasteiger partial charge in [-0.05, 0) is 43.5 Å². The van der Waals surface area contributed by atoms with E-state index in [1.807, 2.05) is 36.1 Å². The quantitative estimate of drug-likeness (QED) is 0.870. The molecule has 0 radical (unpaired) electrons. The van der Waals surface area contributed by atoms with Gasteiger partial charge in [-0.2, -0.15) is 0 Å². The third kappa shape index (κ3) is 3.62. The first-order valence-corrected chi connectivity index (χ1v) is 7.96. The van der Waals surface area contributed by atoms with Gasteiger partial charge >= 0.3 is 0 Å². The minimum absolute atomic E-state index is 0.0247. The minimum Gasteiger partial charge on any atom is -0.483 e. The topological polar surface area (TPSA) is 51.7 Å². The third-order valence-corrected chi connectivity index (χ3v) is 4.34. The van der Waals surface area contributed by atoms with Crippen LogP contribution in [0.1, 0.15) is 18.4 Å². The van der Waals surface area contributed by atoms with Crippen LogP contribution in [-0.4, -0.2) is 48.7 Å². The number of carbonyl (C=O) groups is 1. The number of piperidine rings is 1. The van der Waals surface area contributed by atoms with Gasteiger partial charge in [-0.3, -0.25) is 9.78 Å². The largest absolute Gasteiger partial charge is 0.483 e. The van der Waals surface area contributed by atoms with Gasteiger partial charge in [0.1, 0.15) is 5.75 Å². The van der Waals surface area contributed by atoms with Crippen molar-refractivity contribution < 1.29 is 14.3 Å². The lowest BCUT2D eigenvalue weighted by atomic mass is 10.1. The van der Waals surface area contributed by atoms with Gasteiger partial charge in [0.2, 0.25) is 0 Å². The molecule has 0 spiro atoms. The van der Waals surface area contributed by atoms with E-state index in [0.717, 1.165) is 42.4 Å². The maximum atomic E-state index is 12.3. The molecule has 1 saturated heterocycles. The molecule has 0 saturated carbocycles. The van der Waals surface area contributed by atoms with Crippen molar-refractivity contribution >= 4 is 16.8 Å². The molecule has 0 atom stereocenters. The maximum Gasteiger partial charge on any atom is 0.260 e. The highest BCUT2D eigenvalue weighted by molar-refractivity contribution is 5.86. The lowest BCUT2D eigenvalue weighted by Crippen LogP contribution is -2.42. The molecule has 1 aromatic heterocycles. The van der Waals surface area contributed by atoms with Crippen LogP contribution >= 0.6 is 0 Å². The van der Waals surface area contributed by atoms with Gasteiger partial charge in [-0.25, -0.2) is 0 Å². The summed E-state index contributed by atoms with van der Waals surface area (Å²) in [6.07, 6.45) is 3.76. The number of likely N-dealkylation sites (tertiary alicyclic amines) is 1. The number of ether oxygens (including phenoxy) is 2. The standard InChI is InChI=1S/C18H22N2O3/c1-13-3-4-15-16(11-13)19-8-5-17(15)23-12-18(21)20-9-6-14(22-2)7-10-20/h3-5,8,11,14H,6-7,9-10,12H2,1-2H3. The Morgan fingerprint density at radius 3 is 2.83 bits per heavy atom. The van der Waals surface area contributed by atoms with Crippen molar-refractivity contribution in [3.05, 3.63) is 36.0 Å². The molecule has 5 nitrogen and oxygen atoms in total. The molecule has 0 N–H and O–H groups in total. The molecule has 2 aromatic rings. The molecule has 2 heterocycles. The summed E-state index contributed by atoms with van der Waals surface area (Å²) in [7, 11) is 1.72. The highest BCUT2D eigenvalue weighted by Gasteiger charge is 2.22. The fourth-order valence-electron chi connectivity index (χ4n) is 2.93. The number of rotatable bonds is 4. The minimum atomic E-state index is 0.0247. The first-order valence-electron chi connectivity index (χ1n) is 7.96. The second-order valence-electron chi connectivity index (χ2n) is 5.93. The Hall–Kier alpha value is -2.14. The molecule has 1 aliphatic heterocycles. The second kappa shape index (κ2) is 6.96. The van der Waals surface area contributed by atoms with Gasteiger partial charge in [-0.15, -0.1) is 0 Å². The van der Waals surface area contributed by atoms with Crippen LogP contribution in [0.3, 0.4) is 0 Å². The van der Waals surface area contributed by atoms with E-state index in [4.69, 9.17) is 9.47 Å². The smallest absolute Gasteiger partial charge is 0.260 e. The SMILES string of the molecule is COC1CCN(C(=O)COc2ccnc3cc(C)ccc23)CC1. The van der Waals surface area contributed by atoms with Crippen LogP contribution in [0.2, 0.25) is 0 Å². The zero-order chi connectivity index (χ0) is 16.2. The third-order valence-electron chi connectivity index (χ3n) is 4.34. The Morgan fingerprint density at radius 1 is 1.30 bits per heavy atom. The summed E-state index contributed by atoms with van der Waals surface area (Å²) < 4.78 is 11.1. The molecule has 23 heavy (non-hydrogen) atoms. The molecule has 1 amide bonds. The van der Waals surface area contributed by atoms with E-state index in [2.05, 4.69) is 4.98 Å². The number of hydrogen-bond acceptors (Lipinski definition) is 4. The summed E-state index contributed by atoms with van der Waals surface area (Å²) in [6, 6.07) is 7.83. The van der Waals surface area contributed by atoms with E-state index < -0.39 is 0 Å². The van der Waals surface area contributed by atoms with Gasteiger partial charge in [0.05, 0.1) is 11.6 Å². The van der Waals surface area contributed by atoms with Crippen LogP contribution in [0.4, 0.5) is 0 Å². The highest BCUT2D eigenvalue weighted by atomic mass is 16.5. The van der Waals surface area contributed by atoms with Gasteiger partial charge in [-0.1, -0.05) is 6.07 Å². The lowest BCUT2D eigenvalue weighted by Gasteiger charge is -2.31. The van der Waals surface area contributed by atoms with Crippen molar-refractivity contribution in [2.24, 2.45) is 0 Å². The highest BCUT2D eigenvalue weighted by Crippen LogP contribution is 2.24. The maximum absolute atomic E-state index is 12.3. The zero-order valence-corrected chi connectivity index (χ0v) is 13.6. The number of pyridine rings is 1. The number of benzene rings is 1. The van der Waals surface area contributed by atoms with Crippen molar-refractivity contribution in [1.29, 1.82) is 0 Å². The number of carbonyl (C=O) groups excluding carboxylic acids is 1. The Kier molecular flexibility index (Phi) is 4.76. The molecule has 0 unspecified atom stereocenters. The average Bonchev–Trinajstić information content (AvgIpc) is 2.59. The van der Waals surface area contributed by atoms with E-state index in [-0.39, 0.29) is 18.6 Å². The first kappa shape index (κ1) is 15.7. The predicted octanol–water partition coefficient (Wildman–Crippen LogP) is 2.56. The van der Waals surface area contributed by atoms with Crippen molar-refractivity contribution in [2.45, 2.75) is 25.9 Å². The lowest BCUT2D eigenvalue weighted by molar-refractivity contribution is -0.135. The number of amides is 1. The number of fused-ring (bicyclic) bond motifs is 1. The molecule has 3 rings (SSSR count). The molecular weight excluding hydrogens is 292 g/mol. The Bertz CT molecular complexity index is 694. The average molecular weight is 314 g/mol. The summed E-state index contributed by atoms with van der Waals surface area (Å²) >= 11 is 0. The van der Waals surface area contributed by atoms with Crippen molar-refractivity contribution in [2.75, 3.05) is 26.8 Å². The fourth-order valence-corrected chi connectivity index (χ4v) is 2.93. The van der Waals surface area contributed by atoms with Crippen LogP contribution in [0.25, 0.3) is 10.9 Å². The number of aryl methyl sites for hydroxylation is 1. The predicted molar refractivity (Wildman–Crippen MR) is 88.6 cm³/mol. The van der Waals surface area contributed by atoms with Gasteiger partial charge in [0.15, 0.2) is 6.61 Å². The molecule has 5 heteroatoms. The summed E-state index contributed by atoms with van der Waals surface area (Å²) in [5, 5.41) is 0.934. The second-order valence-corrected chi connectivity index (χ2v) is 5.93. The van der Waals surface area contributed by atoms with Gasteiger partial charge in [0.25, 0.3) is 5.91 Å². The number of nitrogens with zero attached hydrogens (tertiary/aromatic N) is 2. The van der Waals surface area contributed by atoms with E-state index in [0.29, 0.717) is 5.75 Å². The molecule has 1 fully saturated rings. The molecule has 122 valence electrons. The summed E-state index contributed by atoms with van der Waals surface area (Å²) in [5.74, 6) is 0.728. The van der Waals surface area contributed by atoms with E-state index in [9.17, 15) is 4.79 Å². The van der Waals surface area contributed by atoms with Gasteiger partial charge < -0.3 is 14.4 Å². The van der Waals surface area contributed by atoms with Crippen LogP contribution in [0, 0.1) is 6.92 Å². The van der Waals surface area contributed by atoms with E-state index in [1.165, 1.54) is 0 Å². The van der Waals surface area contributed by atoms with E-state index in [1.54, 1.807) is 13.3 Å². The fraction of sp³-hybridized carbons (Fsp3) is 0.444. The zero-order valence-electron chi connectivity index (χ0n) is 13.6. The monoisotopic (exact) mass is 314 g/mol. The molecule has 1 aliphatic rings. The van der Waals surface area contributed by atoms with Crippen LogP contribution in [-0.2, 0) is 9.53 Å². The van der Waals surface area contributed by atoms with Crippen LogP contribution < -0.4 is 4.74 Å². The molecule has 0 aliphatic carbocycles. The summed E-state index contributed by atoms with van der Waals surface area (Å²) in [6.45, 7) is 3.56. The Morgan fingerprint density at radius 2 is 2.09 bits per heavy atom. The van der Waals surface area contributed by atoms with Gasteiger partial charge in [0, 0.05) is 31.8 Å². The van der Waals surface area contributed by atoms with Crippen molar-refractivity contribution in [3.8, 4) is 5.75 Å². The van der Waals surface area contributed by atoms with Crippen molar-refractivity contribution in [3.63, 3.8) is 0 Å².